The summed E-state index contributed by atoms with van der Waals surface area (Å²) in [5.74, 6) is -0.817. The van der Waals surface area contributed by atoms with E-state index in [1.54, 1.807) is 12.1 Å². The van der Waals surface area contributed by atoms with E-state index in [1.165, 1.54) is 12.1 Å². The maximum absolute atomic E-state index is 12.6. The molecule has 0 bridgehead atoms. The number of aromatic carboxylic acids is 1. The monoisotopic (exact) mass is 276 g/mol. The van der Waals surface area contributed by atoms with Crippen molar-refractivity contribution < 1.29 is 14.7 Å². The van der Waals surface area contributed by atoms with Crippen molar-refractivity contribution in [3.05, 3.63) is 29.8 Å². The van der Waals surface area contributed by atoms with Crippen molar-refractivity contribution in [2.24, 2.45) is 11.3 Å². The van der Waals surface area contributed by atoms with Gasteiger partial charge in [-0.25, -0.2) is 4.79 Å². The van der Waals surface area contributed by atoms with Gasteiger partial charge in [-0.2, -0.15) is 0 Å². The van der Waals surface area contributed by atoms with E-state index >= 15 is 0 Å². The van der Waals surface area contributed by atoms with Crippen LogP contribution in [-0.2, 0) is 4.79 Å². The number of carbonyl (C=O) groups excluding carboxylic acids is 1. The minimum absolute atomic E-state index is 0.0416. The highest BCUT2D eigenvalue weighted by molar-refractivity contribution is 5.97. The Morgan fingerprint density at radius 1 is 1.40 bits per heavy atom. The molecule has 1 aliphatic heterocycles. The zero-order valence-electron chi connectivity index (χ0n) is 11.8. The van der Waals surface area contributed by atoms with Gasteiger partial charge in [-0.05, 0) is 37.1 Å². The van der Waals surface area contributed by atoms with E-state index in [2.05, 4.69) is 10.6 Å². The van der Waals surface area contributed by atoms with Crippen LogP contribution >= 0.6 is 0 Å². The Bertz CT molecular complexity index is 520. The van der Waals surface area contributed by atoms with Gasteiger partial charge in [0.1, 0.15) is 0 Å². The largest absolute Gasteiger partial charge is 0.478 e. The molecule has 0 saturated carbocycles. The van der Waals surface area contributed by atoms with Crippen molar-refractivity contribution in [3.63, 3.8) is 0 Å². The lowest BCUT2D eigenvalue weighted by Gasteiger charge is -2.31. The van der Waals surface area contributed by atoms with Crippen LogP contribution < -0.4 is 10.6 Å². The highest BCUT2D eigenvalue weighted by Crippen LogP contribution is 2.35. The normalized spacial score (nSPS) is 21.9. The van der Waals surface area contributed by atoms with E-state index in [1.807, 2.05) is 13.8 Å². The summed E-state index contributed by atoms with van der Waals surface area (Å²) in [4.78, 5) is 23.5. The number of carbonyl (C=O) groups is 2. The first-order chi connectivity index (χ1) is 9.45. The molecule has 5 nitrogen and oxygen atoms in total. The molecule has 2 rings (SSSR count). The molecule has 1 fully saturated rings. The summed E-state index contributed by atoms with van der Waals surface area (Å²) in [5.41, 5.74) is 0.284. The van der Waals surface area contributed by atoms with Crippen LogP contribution in [0, 0.1) is 11.3 Å². The summed E-state index contributed by atoms with van der Waals surface area (Å²) in [6.45, 7) is 5.58. The van der Waals surface area contributed by atoms with Gasteiger partial charge in [0.2, 0.25) is 5.91 Å². The second-order valence-corrected chi connectivity index (χ2v) is 5.58. The van der Waals surface area contributed by atoms with Gasteiger partial charge in [-0.15, -0.1) is 0 Å². The fourth-order valence-electron chi connectivity index (χ4n) is 2.65. The third-order valence-electron chi connectivity index (χ3n) is 4.11. The Kier molecular flexibility index (Phi) is 4.09. The summed E-state index contributed by atoms with van der Waals surface area (Å²) in [6.07, 6.45) is 0.801. The summed E-state index contributed by atoms with van der Waals surface area (Å²) < 4.78 is 0. The molecule has 108 valence electrons. The average Bonchev–Trinajstić information content (AvgIpc) is 2.89. The maximum atomic E-state index is 12.6. The second-order valence-electron chi connectivity index (χ2n) is 5.58. The molecule has 1 atom stereocenters. The van der Waals surface area contributed by atoms with E-state index in [0.717, 1.165) is 13.0 Å². The van der Waals surface area contributed by atoms with Gasteiger partial charge < -0.3 is 15.7 Å². The molecule has 0 aromatic heterocycles. The summed E-state index contributed by atoms with van der Waals surface area (Å²) in [6, 6.07) is 6.33. The van der Waals surface area contributed by atoms with Gasteiger partial charge in [0, 0.05) is 12.2 Å². The summed E-state index contributed by atoms with van der Waals surface area (Å²) in [5, 5.41) is 15.1. The molecule has 3 N–H and O–H groups in total. The molecule has 0 aliphatic carbocycles. The lowest BCUT2D eigenvalue weighted by atomic mass is 9.75. The maximum Gasteiger partial charge on any atom is 0.335 e. The lowest BCUT2D eigenvalue weighted by Crippen LogP contribution is -2.42. The quantitative estimate of drug-likeness (QED) is 0.785. The van der Waals surface area contributed by atoms with Crippen molar-refractivity contribution in [2.45, 2.75) is 20.3 Å². The number of benzene rings is 1. The highest BCUT2D eigenvalue weighted by atomic mass is 16.4. The van der Waals surface area contributed by atoms with Gasteiger partial charge in [0.05, 0.1) is 11.0 Å². The Balaban J connectivity index is 2.18. The predicted octanol–water partition coefficient (Wildman–Crippen LogP) is 1.96. The number of anilines is 1. The molecule has 0 spiro atoms. The molecule has 1 aromatic rings. The number of carboxylic acids is 1. The number of nitrogens with one attached hydrogen (secondary N) is 2. The molecule has 0 radical (unpaired) electrons. The Labute approximate surface area is 118 Å². The van der Waals surface area contributed by atoms with E-state index < -0.39 is 11.4 Å². The van der Waals surface area contributed by atoms with Crippen LogP contribution in [0.15, 0.2) is 24.3 Å². The van der Waals surface area contributed by atoms with Gasteiger partial charge in [0.15, 0.2) is 0 Å². The minimum Gasteiger partial charge on any atom is -0.478 e. The van der Waals surface area contributed by atoms with E-state index in [0.29, 0.717) is 12.2 Å². The number of rotatable bonds is 4. The number of hydrogen-bond donors (Lipinski definition) is 3. The average molecular weight is 276 g/mol. The van der Waals surface area contributed by atoms with Crippen LogP contribution in [0.1, 0.15) is 30.6 Å². The van der Waals surface area contributed by atoms with Gasteiger partial charge in [-0.3, -0.25) is 4.79 Å². The second kappa shape index (κ2) is 5.63. The molecule has 1 aromatic carbocycles. The van der Waals surface area contributed by atoms with Crippen molar-refractivity contribution in [2.75, 3.05) is 18.4 Å². The number of amides is 1. The SMILES string of the molecule is CC(C)C1(C(=O)Nc2cccc(C(=O)O)c2)CCNC1. The standard InChI is InChI=1S/C15H20N2O3/c1-10(2)15(6-7-16-9-15)14(20)17-12-5-3-4-11(8-12)13(18)19/h3-5,8,10,16H,6-7,9H2,1-2H3,(H,17,20)(H,18,19). The zero-order chi connectivity index (χ0) is 14.8. The van der Waals surface area contributed by atoms with Crippen molar-refractivity contribution in [1.29, 1.82) is 0 Å². The zero-order valence-corrected chi connectivity index (χ0v) is 11.8. The lowest BCUT2D eigenvalue weighted by molar-refractivity contribution is -0.126. The van der Waals surface area contributed by atoms with E-state index in [4.69, 9.17) is 5.11 Å². The molecular formula is C15H20N2O3. The number of hydrogen-bond acceptors (Lipinski definition) is 3. The van der Waals surface area contributed by atoms with Crippen molar-refractivity contribution in [3.8, 4) is 0 Å². The molecule has 1 saturated heterocycles. The molecular weight excluding hydrogens is 256 g/mol. The Hall–Kier alpha value is -1.88. The third-order valence-corrected chi connectivity index (χ3v) is 4.11. The van der Waals surface area contributed by atoms with Crippen LogP contribution in [0.4, 0.5) is 5.69 Å². The van der Waals surface area contributed by atoms with Gasteiger partial charge in [-0.1, -0.05) is 19.9 Å². The fourth-order valence-corrected chi connectivity index (χ4v) is 2.65. The summed E-state index contributed by atoms with van der Waals surface area (Å²) >= 11 is 0. The van der Waals surface area contributed by atoms with Crippen LogP contribution in [0.5, 0.6) is 0 Å². The van der Waals surface area contributed by atoms with Crippen molar-refractivity contribution >= 4 is 17.6 Å². The van der Waals surface area contributed by atoms with Crippen LogP contribution in [0.25, 0.3) is 0 Å². The smallest absolute Gasteiger partial charge is 0.335 e. The molecule has 1 unspecified atom stereocenters. The van der Waals surface area contributed by atoms with Gasteiger partial charge >= 0.3 is 5.97 Å². The first-order valence-electron chi connectivity index (χ1n) is 6.81. The Morgan fingerprint density at radius 2 is 2.15 bits per heavy atom. The summed E-state index contributed by atoms with van der Waals surface area (Å²) in [7, 11) is 0. The molecule has 1 amide bonds. The first kappa shape index (κ1) is 14.5. The van der Waals surface area contributed by atoms with E-state index in [9.17, 15) is 9.59 Å². The first-order valence-corrected chi connectivity index (χ1v) is 6.81. The fraction of sp³-hybridized carbons (Fsp3) is 0.467. The molecule has 5 heteroatoms. The number of carboxylic acid groups (broad SMARTS) is 1. The van der Waals surface area contributed by atoms with E-state index in [-0.39, 0.29) is 17.4 Å². The van der Waals surface area contributed by atoms with Crippen LogP contribution in [0.2, 0.25) is 0 Å². The van der Waals surface area contributed by atoms with Crippen LogP contribution in [0.3, 0.4) is 0 Å². The topological polar surface area (TPSA) is 78.4 Å². The Morgan fingerprint density at radius 3 is 2.70 bits per heavy atom. The minimum atomic E-state index is -0.998. The highest BCUT2D eigenvalue weighted by Gasteiger charge is 2.43. The predicted molar refractivity (Wildman–Crippen MR) is 76.8 cm³/mol. The molecule has 1 heterocycles. The molecule has 20 heavy (non-hydrogen) atoms. The third kappa shape index (κ3) is 2.67. The molecule has 1 aliphatic rings. The van der Waals surface area contributed by atoms with Crippen molar-refractivity contribution in [1.82, 2.24) is 5.32 Å². The van der Waals surface area contributed by atoms with Crippen LogP contribution in [-0.4, -0.2) is 30.1 Å². The van der Waals surface area contributed by atoms with Gasteiger partial charge in [0.25, 0.3) is 0 Å².